The standard InChI is InChI=1S/C18H19ClN6O3S/c19-15-1-3-16(4-2-15)29(27,28)24-11-9-22(10-12-24)14-25-18(26)6-5-17(21-25)23-8-7-20-13-23/h1-8,13H,9-12,14H2. The third kappa shape index (κ3) is 4.25. The normalized spacial score (nSPS) is 16.2. The fraction of sp³-hybridized carbons (Fsp3) is 0.278. The summed E-state index contributed by atoms with van der Waals surface area (Å²) in [5, 5.41) is 4.86. The van der Waals surface area contributed by atoms with Crippen molar-refractivity contribution in [3.8, 4) is 5.82 Å². The van der Waals surface area contributed by atoms with Crippen LogP contribution in [0.2, 0.25) is 5.02 Å². The van der Waals surface area contributed by atoms with Crippen molar-refractivity contribution in [2.45, 2.75) is 11.6 Å². The van der Waals surface area contributed by atoms with Gasteiger partial charge in [-0.2, -0.15) is 4.31 Å². The van der Waals surface area contributed by atoms with Crippen LogP contribution >= 0.6 is 11.6 Å². The number of imidazole rings is 1. The molecule has 4 rings (SSSR count). The van der Waals surface area contributed by atoms with E-state index in [0.717, 1.165) is 0 Å². The molecular formula is C18H19ClN6O3S. The van der Waals surface area contributed by atoms with Crippen molar-refractivity contribution in [2.24, 2.45) is 0 Å². The number of piperazine rings is 1. The maximum Gasteiger partial charge on any atom is 0.268 e. The molecule has 11 heteroatoms. The lowest BCUT2D eigenvalue weighted by Gasteiger charge is -2.33. The molecule has 0 aliphatic carbocycles. The topological polar surface area (TPSA) is 93.3 Å². The van der Waals surface area contributed by atoms with Crippen LogP contribution in [0.4, 0.5) is 0 Å². The summed E-state index contributed by atoms with van der Waals surface area (Å²) in [6.07, 6.45) is 4.99. The van der Waals surface area contributed by atoms with E-state index in [1.54, 1.807) is 41.5 Å². The van der Waals surface area contributed by atoms with Gasteiger partial charge >= 0.3 is 0 Å². The van der Waals surface area contributed by atoms with Crippen LogP contribution in [-0.2, 0) is 16.7 Å². The van der Waals surface area contributed by atoms with Gasteiger partial charge in [0.1, 0.15) is 6.33 Å². The minimum Gasteiger partial charge on any atom is -0.289 e. The number of nitrogens with zero attached hydrogens (tertiary/aromatic N) is 6. The summed E-state index contributed by atoms with van der Waals surface area (Å²) in [7, 11) is -3.57. The van der Waals surface area contributed by atoms with E-state index < -0.39 is 10.0 Å². The summed E-state index contributed by atoms with van der Waals surface area (Å²) in [5.41, 5.74) is -0.218. The number of sulfonamides is 1. The van der Waals surface area contributed by atoms with Crippen molar-refractivity contribution < 1.29 is 8.42 Å². The zero-order chi connectivity index (χ0) is 20.4. The Labute approximate surface area is 172 Å². The first kappa shape index (κ1) is 19.8. The fourth-order valence-electron chi connectivity index (χ4n) is 3.13. The molecule has 1 fully saturated rings. The lowest BCUT2D eigenvalue weighted by molar-refractivity contribution is 0.143. The Hall–Kier alpha value is -2.53. The Bertz CT molecular complexity index is 1140. The number of benzene rings is 1. The van der Waals surface area contributed by atoms with Gasteiger partial charge in [-0.25, -0.2) is 18.1 Å². The first-order chi connectivity index (χ1) is 13.9. The molecule has 1 aromatic carbocycles. The lowest BCUT2D eigenvalue weighted by atomic mass is 10.4. The van der Waals surface area contributed by atoms with E-state index >= 15 is 0 Å². The number of hydrogen-bond acceptors (Lipinski definition) is 6. The monoisotopic (exact) mass is 434 g/mol. The molecule has 3 aromatic rings. The third-order valence-electron chi connectivity index (χ3n) is 4.74. The Morgan fingerprint density at radius 3 is 2.38 bits per heavy atom. The molecule has 1 aliphatic heterocycles. The average Bonchev–Trinajstić information content (AvgIpc) is 3.25. The summed E-state index contributed by atoms with van der Waals surface area (Å²) in [6.45, 7) is 1.95. The summed E-state index contributed by atoms with van der Waals surface area (Å²) in [5.74, 6) is 0.589. The van der Waals surface area contributed by atoms with E-state index in [4.69, 9.17) is 11.6 Å². The van der Waals surface area contributed by atoms with Gasteiger partial charge in [-0.15, -0.1) is 5.10 Å². The zero-order valence-corrected chi connectivity index (χ0v) is 17.0. The maximum atomic E-state index is 12.8. The molecule has 0 saturated carbocycles. The number of hydrogen-bond donors (Lipinski definition) is 0. The van der Waals surface area contributed by atoms with Crippen LogP contribution in [0.3, 0.4) is 0 Å². The zero-order valence-electron chi connectivity index (χ0n) is 15.4. The molecule has 0 unspecified atom stereocenters. The highest BCUT2D eigenvalue weighted by atomic mass is 35.5. The highest BCUT2D eigenvalue weighted by Crippen LogP contribution is 2.20. The lowest BCUT2D eigenvalue weighted by Crippen LogP contribution is -2.49. The molecule has 0 N–H and O–H groups in total. The van der Waals surface area contributed by atoms with Crippen LogP contribution in [0.15, 0.2) is 64.8 Å². The largest absolute Gasteiger partial charge is 0.289 e. The summed E-state index contributed by atoms with van der Waals surface area (Å²) >= 11 is 5.85. The Balaban J connectivity index is 1.43. The first-order valence-electron chi connectivity index (χ1n) is 8.98. The fourth-order valence-corrected chi connectivity index (χ4v) is 4.68. The van der Waals surface area contributed by atoms with Crippen LogP contribution in [-0.4, -0.2) is 63.1 Å². The molecule has 0 bridgehead atoms. The maximum absolute atomic E-state index is 12.8. The smallest absolute Gasteiger partial charge is 0.268 e. The van der Waals surface area contributed by atoms with E-state index in [-0.39, 0.29) is 17.1 Å². The van der Waals surface area contributed by atoms with E-state index in [0.29, 0.717) is 37.0 Å². The highest BCUT2D eigenvalue weighted by molar-refractivity contribution is 7.89. The van der Waals surface area contributed by atoms with Crippen molar-refractivity contribution in [1.29, 1.82) is 0 Å². The molecule has 2 aromatic heterocycles. The minimum absolute atomic E-state index is 0.218. The van der Waals surface area contributed by atoms with Gasteiger partial charge in [0.15, 0.2) is 5.82 Å². The van der Waals surface area contributed by atoms with E-state index in [1.165, 1.54) is 27.2 Å². The minimum atomic E-state index is -3.57. The molecule has 0 atom stereocenters. The average molecular weight is 435 g/mol. The molecule has 9 nitrogen and oxygen atoms in total. The molecule has 1 aliphatic rings. The SMILES string of the molecule is O=c1ccc(-n2ccnc2)nn1CN1CCN(S(=O)(=O)c2ccc(Cl)cc2)CC1. The molecule has 29 heavy (non-hydrogen) atoms. The van der Waals surface area contributed by atoms with Crippen molar-refractivity contribution in [3.05, 3.63) is 70.5 Å². The van der Waals surface area contributed by atoms with Crippen molar-refractivity contribution in [3.63, 3.8) is 0 Å². The van der Waals surface area contributed by atoms with Gasteiger partial charge in [0, 0.05) is 49.7 Å². The summed E-state index contributed by atoms with van der Waals surface area (Å²) in [6, 6.07) is 9.25. The number of rotatable bonds is 5. The van der Waals surface area contributed by atoms with Gasteiger partial charge in [-0.05, 0) is 30.3 Å². The second-order valence-electron chi connectivity index (χ2n) is 6.62. The first-order valence-corrected chi connectivity index (χ1v) is 10.8. The van der Waals surface area contributed by atoms with Crippen LogP contribution in [0.25, 0.3) is 5.82 Å². The predicted octanol–water partition coefficient (Wildman–Crippen LogP) is 1.05. The van der Waals surface area contributed by atoms with Crippen LogP contribution < -0.4 is 5.56 Å². The van der Waals surface area contributed by atoms with Gasteiger partial charge < -0.3 is 0 Å². The van der Waals surface area contributed by atoms with Crippen molar-refractivity contribution in [2.75, 3.05) is 26.2 Å². The van der Waals surface area contributed by atoms with Gasteiger partial charge in [0.05, 0.1) is 11.6 Å². The van der Waals surface area contributed by atoms with Gasteiger partial charge in [0.25, 0.3) is 5.56 Å². The van der Waals surface area contributed by atoms with Crippen molar-refractivity contribution in [1.82, 2.24) is 28.5 Å². The van der Waals surface area contributed by atoms with Gasteiger partial charge in [-0.1, -0.05) is 11.6 Å². The molecule has 0 spiro atoms. The van der Waals surface area contributed by atoms with Gasteiger partial charge in [0.2, 0.25) is 10.0 Å². The van der Waals surface area contributed by atoms with Gasteiger partial charge in [-0.3, -0.25) is 14.3 Å². The van der Waals surface area contributed by atoms with E-state index in [9.17, 15) is 13.2 Å². The summed E-state index contributed by atoms with van der Waals surface area (Å²) in [4.78, 5) is 18.4. The molecule has 0 radical (unpaired) electrons. The Morgan fingerprint density at radius 1 is 1.00 bits per heavy atom. The number of aromatic nitrogens is 4. The second-order valence-corrected chi connectivity index (χ2v) is 8.99. The van der Waals surface area contributed by atoms with Crippen molar-refractivity contribution >= 4 is 21.6 Å². The van der Waals surface area contributed by atoms with Crippen LogP contribution in [0.5, 0.6) is 0 Å². The van der Waals surface area contributed by atoms with E-state index in [2.05, 4.69) is 10.1 Å². The third-order valence-corrected chi connectivity index (χ3v) is 6.90. The quantitative estimate of drug-likeness (QED) is 0.595. The molecule has 3 heterocycles. The van der Waals surface area contributed by atoms with Crippen LogP contribution in [0.1, 0.15) is 0 Å². The molecule has 152 valence electrons. The predicted molar refractivity (Wildman–Crippen MR) is 107 cm³/mol. The molecular weight excluding hydrogens is 416 g/mol. The highest BCUT2D eigenvalue weighted by Gasteiger charge is 2.28. The number of halogens is 1. The summed E-state index contributed by atoms with van der Waals surface area (Å²) < 4.78 is 30.1. The van der Waals surface area contributed by atoms with E-state index in [1.807, 2.05) is 4.90 Å². The van der Waals surface area contributed by atoms with Crippen LogP contribution in [0, 0.1) is 0 Å². The molecule has 0 amide bonds. The second kappa shape index (κ2) is 8.07. The molecule has 1 saturated heterocycles. The Morgan fingerprint density at radius 2 is 1.72 bits per heavy atom. The Kier molecular flexibility index (Phi) is 5.50.